The quantitative estimate of drug-likeness (QED) is 0.867. The fourth-order valence-electron chi connectivity index (χ4n) is 2.73. The highest BCUT2D eigenvalue weighted by molar-refractivity contribution is 7.09. The van der Waals surface area contributed by atoms with Crippen LogP contribution in [0.4, 0.5) is 0 Å². The van der Waals surface area contributed by atoms with Crippen LogP contribution in [-0.4, -0.2) is 17.6 Å². The summed E-state index contributed by atoms with van der Waals surface area (Å²) in [6.45, 7) is 5.55. The molecule has 1 fully saturated rings. The number of hydrogen-bond acceptors (Lipinski definition) is 3. The summed E-state index contributed by atoms with van der Waals surface area (Å²) >= 11 is 1.79. The van der Waals surface area contributed by atoms with Gasteiger partial charge in [-0.25, -0.2) is 4.98 Å². The minimum absolute atomic E-state index is 0.769. The molecule has 0 spiro atoms. The number of thiazole rings is 1. The zero-order valence-electron chi connectivity index (χ0n) is 11.0. The van der Waals surface area contributed by atoms with Crippen molar-refractivity contribution >= 4 is 11.3 Å². The third-order valence-corrected chi connectivity index (χ3v) is 5.05. The molecule has 3 heteroatoms. The maximum Gasteiger partial charge on any atom is 0.0797 e. The van der Waals surface area contributed by atoms with Crippen LogP contribution in [0.15, 0.2) is 5.51 Å². The van der Waals surface area contributed by atoms with Gasteiger partial charge in [0.2, 0.25) is 0 Å². The molecule has 96 valence electrons. The molecule has 0 aliphatic heterocycles. The highest BCUT2D eigenvalue weighted by Crippen LogP contribution is 2.26. The van der Waals surface area contributed by atoms with Crippen molar-refractivity contribution in [3.8, 4) is 0 Å². The van der Waals surface area contributed by atoms with Gasteiger partial charge in [-0.3, -0.25) is 0 Å². The van der Waals surface area contributed by atoms with Gasteiger partial charge in [-0.1, -0.05) is 13.3 Å². The molecular formula is C14H24N2S. The van der Waals surface area contributed by atoms with Crippen LogP contribution in [0, 0.1) is 12.8 Å². The van der Waals surface area contributed by atoms with Crippen molar-refractivity contribution in [3.63, 3.8) is 0 Å². The third kappa shape index (κ3) is 3.78. The molecule has 0 amide bonds. The number of nitrogens with one attached hydrogen (secondary N) is 1. The summed E-state index contributed by atoms with van der Waals surface area (Å²) in [6, 6.07) is 0.769. The molecule has 1 N–H and O–H groups in total. The first-order valence-electron chi connectivity index (χ1n) is 6.92. The van der Waals surface area contributed by atoms with Gasteiger partial charge in [-0.15, -0.1) is 11.3 Å². The summed E-state index contributed by atoms with van der Waals surface area (Å²) < 4.78 is 0. The Morgan fingerprint density at radius 3 is 2.71 bits per heavy atom. The molecule has 17 heavy (non-hydrogen) atoms. The monoisotopic (exact) mass is 252 g/mol. The van der Waals surface area contributed by atoms with Gasteiger partial charge in [0.1, 0.15) is 0 Å². The molecule has 0 atom stereocenters. The molecule has 1 aromatic heterocycles. The number of aromatic nitrogens is 1. The van der Waals surface area contributed by atoms with E-state index in [0.717, 1.165) is 24.9 Å². The van der Waals surface area contributed by atoms with Crippen LogP contribution in [0.1, 0.15) is 49.6 Å². The Morgan fingerprint density at radius 2 is 2.12 bits per heavy atom. The van der Waals surface area contributed by atoms with Gasteiger partial charge < -0.3 is 5.32 Å². The molecule has 1 heterocycles. The lowest BCUT2D eigenvalue weighted by molar-refractivity contribution is 0.287. The first-order chi connectivity index (χ1) is 8.29. The van der Waals surface area contributed by atoms with Gasteiger partial charge in [0.15, 0.2) is 0 Å². The Labute approximate surface area is 109 Å². The maximum atomic E-state index is 4.29. The third-order valence-electron chi connectivity index (χ3n) is 4.05. The lowest BCUT2D eigenvalue weighted by atomic mass is 9.84. The molecule has 0 saturated heterocycles. The molecule has 1 aromatic rings. The molecule has 0 aromatic carbocycles. The van der Waals surface area contributed by atoms with Gasteiger partial charge in [0, 0.05) is 17.5 Å². The smallest absolute Gasteiger partial charge is 0.0797 e. The van der Waals surface area contributed by atoms with Crippen molar-refractivity contribution in [2.45, 2.75) is 58.4 Å². The molecule has 0 radical (unpaired) electrons. The zero-order valence-corrected chi connectivity index (χ0v) is 11.9. The molecule has 2 rings (SSSR count). The second-order valence-corrected chi connectivity index (χ2v) is 6.13. The predicted octanol–water partition coefficient (Wildman–Crippen LogP) is 3.55. The van der Waals surface area contributed by atoms with E-state index in [1.807, 2.05) is 5.51 Å². The van der Waals surface area contributed by atoms with Gasteiger partial charge >= 0.3 is 0 Å². The van der Waals surface area contributed by atoms with Crippen LogP contribution in [0.5, 0.6) is 0 Å². The summed E-state index contributed by atoms with van der Waals surface area (Å²) in [5, 5.41) is 3.71. The molecular weight excluding hydrogens is 228 g/mol. The first kappa shape index (κ1) is 13.0. The van der Waals surface area contributed by atoms with E-state index in [1.54, 1.807) is 11.3 Å². The van der Waals surface area contributed by atoms with E-state index >= 15 is 0 Å². The lowest BCUT2D eigenvalue weighted by Crippen LogP contribution is -2.34. The number of aryl methyl sites for hydroxylation is 1. The number of nitrogens with zero attached hydrogens (tertiary/aromatic N) is 1. The number of rotatable bonds is 5. The minimum Gasteiger partial charge on any atom is -0.314 e. The van der Waals surface area contributed by atoms with Gasteiger partial charge in [-0.2, -0.15) is 0 Å². The van der Waals surface area contributed by atoms with E-state index in [4.69, 9.17) is 0 Å². The van der Waals surface area contributed by atoms with Crippen molar-refractivity contribution < 1.29 is 0 Å². The lowest BCUT2D eigenvalue weighted by Gasteiger charge is -2.28. The first-order valence-corrected chi connectivity index (χ1v) is 7.80. The van der Waals surface area contributed by atoms with Crippen molar-refractivity contribution in [3.05, 3.63) is 16.1 Å². The van der Waals surface area contributed by atoms with Crippen LogP contribution < -0.4 is 5.32 Å². The van der Waals surface area contributed by atoms with E-state index in [9.17, 15) is 0 Å². The van der Waals surface area contributed by atoms with Crippen LogP contribution in [-0.2, 0) is 6.42 Å². The SMILES string of the molecule is CCC1CCC(NCCc2scnc2C)CC1. The Hall–Kier alpha value is -0.410. The summed E-state index contributed by atoms with van der Waals surface area (Å²) in [7, 11) is 0. The van der Waals surface area contributed by atoms with Crippen molar-refractivity contribution in [1.29, 1.82) is 0 Å². The molecule has 0 unspecified atom stereocenters. The topological polar surface area (TPSA) is 24.9 Å². The number of hydrogen-bond donors (Lipinski definition) is 1. The van der Waals surface area contributed by atoms with Crippen LogP contribution in [0.25, 0.3) is 0 Å². The normalized spacial score (nSPS) is 25.1. The fraction of sp³-hybridized carbons (Fsp3) is 0.786. The van der Waals surface area contributed by atoms with Crippen LogP contribution in [0.3, 0.4) is 0 Å². The molecule has 0 bridgehead atoms. The Bertz CT molecular complexity index is 327. The maximum absolute atomic E-state index is 4.29. The van der Waals surface area contributed by atoms with Crippen LogP contribution in [0.2, 0.25) is 0 Å². The molecule has 1 aliphatic rings. The summed E-state index contributed by atoms with van der Waals surface area (Å²) in [4.78, 5) is 5.74. The minimum atomic E-state index is 0.769. The standard InChI is InChI=1S/C14H24N2S/c1-3-12-4-6-13(7-5-12)15-9-8-14-11(2)16-10-17-14/h10,12-13,15H,3-9H2,1-2H3. The van der Waals surface area contributed by atoms with Gasteiger partial charge in [0.05, 0.1) is 11.2 Å². The second kappa shape index (κ2) is 6.50. The average molecular weight is 252 g/mol. The largest absolute Gasteiger partial charge is 0.314 e. The zero-order chi connectivity index (χ0) is 12.1. The average Bonchev–Trinajstić information content (AvgIpc) is 2.76. The van der Waals surface area contributed by atoms with E-state index < -0.39 is 0 Å². The van der Waals surface area contributed by atoms with Crippen molar-refractivity contribution in [2.75, 3.05) is 6.54 Å². The molecule has 1 aliphatic carbocycles. The van der Waals surface area contributed by atoms with Crippen molar-refractivity contribution in [2.24, 2.45) is 5.92 Å². The van der Waals surface area contributed by atoms with Gasteiger partial charge in [0.25, 0.3) is 0 Å². The van der Waals surface area contributed by atoms with E-state index in [-0.39, 0.29) is 0 Å². The highest BCUT2D eigenvalue weighted by Gasteiger charge is 2.19. The van der Waals surface area contributed by atoms with Crippen LogP contribution >= 0.6 is 11.3 Å². The summed E-state index contributed by atoms with van der Waals surface area (Å²) in [6.07, 6.45) is 8.11. The van der Waals surface area contributed by atoms with Gasteiger partial charge in [-0.05, 0) is 44.9 Å². The summed E-state index contributed by atoms with van der Waals surface area (Å²) in [5.41, 5.74) is 3.17. The summed E-state index contributed by atoms with van der Waals surface area (Å²) in [5.74, 6) is 0.997. The highest BCUT2D eigenvalue weighted by atomic mass is 32.1. The van der Waals surface area contributed by atoms with E-state index in [0.29, 0.717) is 0 Å². The van der Waals surface area contributed by atoms with E-state index in [2.05, 4.69) is 24.1 Å². The molecule has 1 saturated carbocycles. The fourth-order valence-corrected chi connectivity index (χ4v) is 3.51. The predicted molar refractivity (Wildman–Crippen MR) is 74.6 cm³/mol. The Morgan fingerprint density at radius 1 is 1.35 bits per heavy atom. The Balaban J connectivity index is 1.65. The second-order valence-electron chi connectivity index (χ2n) is 5.19. The Kier molecular flexibility index (Phi) is 4.99. The van der Waals surface area contributed by atoms with Crippen molar-refractivity contribution in [1.82, 2.24) is 10.3 Å². The van der Waals surface area contributed by atoms with E-state index in [1.165, 1.54) is 42.7 Å². The molecule has 2 nitrogen and oxygen atoms in total.